The second-order valence-corrected chi connectivity index (χ2v) is 9.12. The summed E-state index contributed by atoms with van der Waals surface area (Å²) in [5, 5.41) is 3.83. The molecule has 0 radical (unpaired) electrons. The van der Waals surface area contributed by atoms with E-state index in [-0.39, 0.29) is 0 Å². The Kier molecular flexibility index (Phi) is 5.79. The van der Waals surface area contributed by atoms with Crippen molar-refractivity contribution >= 4 is 0 Å². The predicted octanol–water partition coefficient (Wildman–Crippen LogP) is 5.50. The second-order valence-electron chi connectivity index (χ2n) is 9.12. The molecule has 124 valence electrons. The van der Waals surface area contributed by atoms with Gasteiger partial charge in [-0.2, -0.15) is 0 Å². The summed E-state index contributed by atoms with van der Waals surface area (Å²) in [5.74, 6) is 4.56. The van der Waals surface area contributed by atoms with E-state index in [0.29, 0.717) is 5.41 Å². The highest BCUT2D eigenvalue weighted by molar-refractivity contribution is 4.96. The van der Waals surface area contributed by atoms with Crippen LogP contribution in [0.3, 0.4) is 0 Å². The van der Waals surface area contributed by atoms with Crippen LogP contribution in [0.5, 0.6) is 0 Å². The maximum Gasteiger partial charge on any atom is 0.0103 e. The molecule has 2 fully saturated rings. The molecule has 0 aromatic carbocycles. The molecule has 5 atom stereocenters. The van der Waals surface area contributed by atoms with Crippen LogP contribution in [0.2, 0.25) is 0 Å². The van der Waals surface area contributed by atoms with Crippen LogP contribution < -0.4 is 5.32 Å². The van der Waals surface area contributed by atoms with Crippen molar-refractivity contribution in [3.63, 3.8) is 0 Å². The zero-order valence-electron chi connectivity index (χ0n) is 15.4. The lowest BCUT2D eigenvalue weighted by Gasteiger charge is -2.51. The normalized spacial score (nSPS) is 42.0. The van der Waals surface area contributed by atoms with Gasteiger partial charge < -0.3 is 5.32 Å². The average molecular weight is 294 g/mol. The molecule has 0 bridgehead atoms. The van der Waals surface area contributed by atoms with E-state index in [1.54, 1.807) is 0 Å². The van der Waals surface area contributed by atoms with Gasteiger partial charge in [-0.25, -0.2) is 0 Å². The summed E-state index contributed by atoms with van der Waals surface area (Å²) in [4.78, 5) is 0. The van der Waals surface area contributed by atoms with E-state index in [2.05, 4.69) is 46.9 Å². The van der Waals surface area contributed by atoms with Crippen LogP contribution in [0.15, 0.2) is 0 Å². The third-order valence-corrected chi connectivity index (χ3v) is 6.77. The van der Waals surface area contributed by atoms with Crippen LogP contribution in [0.25, 0.3) is 0 Å². The van der Waals surface area contributed by atoms with Gasteiger partial charge >= 0.3 is 0 Å². The van der Waals surface area contributed by atoms with E-state index in [1.807, 2.05) is 0 Å². The van der Waals surface area contributed by atoms with E-state index in [0.717, 1.165) is 42.2 Å². The first-order valence-corrected chi connectivity index (χ1v) is 9.57. The van der Waals surface area contributed by atoms with Gasteiger partial charge in [0.05, 0.1) is 0 Å². The Morgan fingerprint density at radius 2 is 1.48 bits per heavy atom. The van der Waals surface area contributed by atoms with Gasteiger partial charge in [-0.1, -0.05) is 48.0 Å². The Morgan fingerprint density at radius 3 is 2.05 bits per heavy atom. The number of rotatable bonds is 4. The van der Waals surface area contributed by atoms with Crippen molar-refractivity contribution in [2.45, 2.75) is 86.1 Å². The zero-order chi connectivity index (χ0) is 15.6. The lowest BCUT2D eigenvalue weighted by Crippen LogP contribution is -2.50. The second kappa shape index (κ2) is 7.02. The molecule has 2 aliphatic carbocycles. The molecule has 2 aliphatic rings. The van der Waals surface area contributed by atoms with Crippen LogP contribution in [0.4, 0.5) is 0 Å². The highest BCUT2D eigenvalue weighted by Crippen LogP contribution is 2.51. The first kappa shape index (κ1) is 17.3. The predicted molar refractivity (Wildman–Crippen MR) is 93.4 cm³/mol. The summed E-state index contributed by atoms with van der Waals surface area (Å²) in [6, 6.07) is 0.751. The summed E-state index contributed by atoms with van der Waals surface area (Å²) in [6.45, 7) is 16.0. The average Bonchev–Trinajstić information content (AvgIpc) is 2.37. The quantitative estimate of drug-likeness (QED) is 0.721. The lowest BCUT2D eigenvalue weighted by molar-refractivity contribution is 0.00587. The monoisotopic (exact) mass is 293 g/mol. The Hall–Kier alpha value is -0.0400. The molecule has 0 aromatic rings. The standard InChI is InChI=1S/C20H39N/c1-7-21-19-13-14(2)8-9-18(19)20(5,6)17-11-15(3)10-16(4)12-17/h14-19,21H,7-13H2,1-6H3. The molecule has 0 aromatic heterocycles. The molecule has 21 heavy (non-hydrogen) atoms. The molecule has 0 amide bonds. The van der Waals surface area contributed by atoms with Gasteiger partial charge in [-0.3, -0.25) is 0 Å². The molecule has 2 rings (SSSR count). The smallest absolute Gasteiger partial charge is 0.0103 e. The minimum Gasteiger partial charge on any atom is -0.314 e. The zero-order valence-corrected chi connectivity index (χ0v) is 15.4. The van der Waals surface area contributed by atoms with Crippen molar-refractivity contribution in [2.24, 2.45) is 35.0 Å². The Labute approximate surface area is 133 Å². The highest BCUT2D eigenvalue weighted by atomic mass is 14.9. The van der Waals surface area contributed by atoms with Crippen molar-refractivity contribution in [1.29, 1.82) is 0 Å². The third kappa shape index (κ3) is 4.03. The van der Waals surface area contributed by atoms with Crippen LogP contribution in [-0.4, -0.2) is 12.6 Å². The first-order valence-electron chi connectivity index (χ1n) is 9.57. The molecule has 1 nitrogen and oxygen atoms in total. The Balaban J connectivity index is 2.11. The fraction of sp³-hybridized carbons (Fsp3) is 1.00. The summed E-state index contributed by atoms with van der Waals surface area (Å²) in [6.07, 6.45) is 8.63. The summed E-state index contributed by atoms with van der Waals surface area (Å²) < 4.78 is 0. The Bertz CT molecular complexity index is 312. The summed E-state index contributed by atoms with van der Waals surface area (Å²) in [7, 11) is 0. The van der Waals surface area contributed by atoms with Gasteiger partial charge in [0.15, 0.2) is 0 Å². The minimum absolute atomic E-state index is 0.496. The lowest BCUT2D eigenvalue weighted by atomic mass is 9.56. The maximum absolute atomic E-state index is 3.83. The molecule has 0 aliphatic heterocycles. The Morgan fingerprint density at radius 1 is 0.857 bits per heavy atom. The maximum atomic E-state index is 3.83. The van der Waals surface area contributed by atoms with Crippen molar-refractivity contribution in [3.8, 4) is 0 Å². The third-order valence-electron chi connectivity index (χ3n) is 6.77. The summed E-state index contributed by atoms with van der Waals surface area (Å²) >= 11 is 0. The van der Waals surface area contributed by atoms with Crippen LogP contribution in [0, 0.1) is 35.0 Å². The first-order chi connectivity index (χ1) is 9.84. The topological polar surface area (TPSA) is 12.0 Å². The highest BCUT2D eigenvalue weighted by Gasteiger charge is 2.44. The largest absolute Gasteiger partial charge is 0.314 e. The number of nitrogens with one attached hydrogen (secondary N) is 1. The van der Waals surface area contributed by atoms with Crippen molar-refractivity contribution in [3.05, 3.63) is 0 Å². The molecular weight excluding hydrogens is 254 g/mol. The van der Waals surface area contributed by atoms with Crippen molar-refractivity contribution in [2.75, 3.05) is 6.54 Å². The van der Waals surface area contributed by atoms with Gasteiger partial charge in [0.1, 0.15) is 0 Å². The van der Waals surface area contributed by atoms with Gasteiger partial charge in [-0.15, -0.1) is 0 Å². The van der Waals surface area contributed by atoms with E-state index < -0.39 is 0 Å². The molecule has 5 unspecified atom stereocenters. The van der Waals surface area contributed by atoms with Crippen molar-refractivity contribution < 1.29 is 0 Å². The van der Waals surface area contributed by atoms with E-state index in [1.165, 1.54) is 38.5 Å². The van der Waals surface area contributed by atoms with Crippen molar-refractivity contribution in [1.82, 2.24) is 5.32 Å². The molecular formula is C20H39N. The molecule has 0 saturated heterocycles. The van der Waals surface area contributed by atoms with E-state index in [9.17, 15) is 0 Å². The summed E-state index contributed by atoms with van der Waals surface area (Å²) in [5.41, 5.74) is 0.496. The fourth-order valence-corrected chi connectivity index (χ4v) is 5.62. The molecule has 0 heterocycles. The molecule has 1 N–H and O–H groups in total. The van der Waals surface area contributed by atoms with Crippen LogP contribution >= 0.6 is 0 Å². The molecule has 0 spiro atoms. The molecule has 2 saturated carbocycles. The van der Waals surface area contributed by atoms with Crippen LogP contribution in [-0.2, 0) is 0 Å². The number of hydrogen-bond acceptors (Lipinski definition) is 1. The van der Waals surface area contributed by atoms with E-state index in [4.69, 9.17) is 0 Å². The minimum atomic E-state index is 0.496. The molecule has 1 heteroatoms. The van der Waals surface area contributed by atoms with Gasteiger partial charge in [0, 0.05) is 6.04 Å². The fourth-order valence-electron chi connectivity index (χ4n) is 5.62. The van der Waals surface area contributed by atoms with Gasteiger partial charge in [0.2, 0.25) is 0 Å². The number of hydrogen-bond donors (Lipinski definition) is 1. The van der Waals surface area contributed by atoms with Gasteiger partial charge in [0.25, 0.3) is 0 Å². The van der Waals surface area contributed by atoms with Gasteiger partial charge in [-0.05, 0) is 73.7 Å². The SMILES string of the molecule is CCNC1CC(C)CCC1C(C)(C)C1CC(C)CC(C)C1. The van der Waals surface area contributed by atoms with E-state index >= 15 is 0 Å². The van der Waals surface area contributed by atoms with Crippen LogP contribution in [0.1, 0.15) is 80.1 Å².